The molecule has 1 unspecified atom stereocenters. The van der Waals surface area contributed by atoms with Crippen LogP contribution in [0.4, 0.5) is 14.5 Å². The molecule has 2 aromatic rings. The number of carbonyl (C=O) groups is 2. The van der Waals surface area contributed by atoms with E-state index in [0.717, 1.165) is 24.3 Å². The molecule has 1 atom stereocenters. The Bertz CT molecular complexity index is 842. The predicted octanol–water partition coefficient (Wildman–Crippen LogP) is 2.09. The molecule has 9 heteroatoms. The highest BCUT2D eigenvalue weighted by atomic mass is 19.2. The first-order valence-corrected chi connectivity index (χ1v) is 7.05. The van der Waals surface area contributed by atoms with Gasteiger partial charge < -0.3 is 10.6 Å². The van der Waals surface area contributed by atoms with Crippen LogP contribution in [0, 0.1) is 21.7 Å². The monoisotopic (exact) mass is 349 g/mol. The van der Waals surface area contributed by atoms with Crippen LogP contribution < -0.4 is 10.6 Å². The van der Waals surface area contributed by atoms with Crippen molar-refractivity contribution in [2.45, 2.75) is 6.04 Å². The molecule has 2 amide bonds. The molecule has 2 aromatic carbocycles. The van der Waals surface area contributed by atoms with Crippen molar-refractivity contribution >= 4 is 17.5 Å². The minimum atomic E-state index is -1.30. The third-order valence-electron chi connectivity index (χ3n) is 3.38. The van der Waals surface area contributed by atoms with Crippen molar-refractivity contribution in [2.75, 3.05) is 7.05 Å². The SMILES string of the molecule is CNC(=O)C(NC(=O)c1cccc([N+](=O)[O-])c1)c1ccc(F)c(F)c1. The molecule has 0 heterocycles. The summed E-state index contributed by atoms with van der Waals surface area (Å²) in [6, 6.07) is 6.39. The number of nitro benzene ring substituents is 1. The molecule has 7 nitrogen and oxygen atoms in total. The van der Waals surface area contributed by atoms with Gasteiger partial charge in [-0.3, -0.25) is 19.7 Å². The third kappa shape index (κ3) is 4.14. The molecule has 0 aliphatic heterocycles. The Balaban J connectivity index is 2.32. The highest BCUT2D eigenvalue weighted by molar-refractivity contribution is 5.98. The fourth-order valence-corrected chi connectivity index (χ4v) is 2.11. The molecular formula is C16H13F2N3O4. The highest BCUT2D eigenvalue weighted by Crippen LogP contribution is 2.19. The summed E-state index contributed by atoms with van der Waals surface area (Å²) >= 11 is 0. The van der Waals surface area contributed by atoms with Crippen LogP contribution in [0.15, 0.2) is 42.5 Å². The van der Waals surface area contributed by atoms with Crippen molar-refractivity contribution in [3.8, 4) is 0 Å². The van der Waals surface area contributed by atoms with Crippen LogP contribution >= 0.6 is 0 Å². The van der Waals surface area contributed by atoms with Gasteiger partial charge in [-0.25, -0.2) is 8.78 Å². The normalized spacial score (nSPS) is 11.5. The van der Waals surface area contributed by atoms with E-state index in [9.17, 15) is 28.5 Å². The zero-order valence-corrected chi connectivity index (χ0v) is 13.0. The average Bonchev–Trinajstić information content (AvgIpc) is 2.61. The molecule has 2 rings (SSSR count). The second-order valence-electron chi connectivity index (χ2n) is 5.00. The number of carbonyl (C=O) groups excluding carboxylic acids is 2. The molecule has 0 saturated carbocycles. The zero-order valence-electron chi connectivity index (χ0n) is 13.0. The number of rotatable bonds is 5. The van der Waals surface area contributed by atoms with E-state index >= 15 is 0 Å². The van der Waals surface area contributed by atoms with E-state index in [1.54, 1.807) is 0 Å². The first-order valence-electron chi connectivity index (χ1n) is 7.05. The van der Waals surface area contributed by atoms with E-state index in [4.69, 9.17) is 0 Å². The van der Waals surface area contributed by atoms with Gasteiger partial charge in [0.05, 0.1) is 4.92 Å². The number of nitro groups is 1. The Hall–Kier alpha value is -3.36. The van der Waals surface area contributed by atoms with E-state index < -0.39 is 34.4 Å². The van der Waals surface area contributed by atoms with Crippen LogP contribution in [0.5, 0.6) is 0 Å². The van der Waals surface area contributed by atoms with Gasteiger partial charge in [-0.05, 0) is 23.8 Å². The van der Waals surface area contributed by atoms with Crippen molar-refractivity contribution in [2.24, 2.45) is 0 Å². The van der Waals surface area contributed by atoms with Crippen LogP contribution in [0.25, 0.3) is 0 Å². The van der Waals surface area contributed by atoms with Gasteiger partial charge in [0.2, 0.25) is 5.91 Å². The Morgan fingerprint density at radius 3 is 2.44 bits per heavy atom. The van der Waals surface area contributed by atoms with E-state index in [2.05, 4.69) is 10.6 Å². The number of amides is 2. The predicted molar refractivity (Wildman–Crippen MR) is 83.7 cm³/mol. The van der Waals surface area contributed by atoms with Crippen LogP contribution in [0.2, 0.25) is 0 Å². The largest absolute Gasteiger partial charge is 0.357 e. The number of nitrogens with one attached hydrogen (secondary N) is 2. The number of hydrogen-bond donors (Lipinski definition) is 2. The van der Waals surface area contributed by atoms with Gasteiger partial charge in [-0.1, -0.05) is 12.1 Å². The fraction of sp³-hybridized carbons (Fsp3) is 0.125. The minimum absolute atomic E-state index is 0.0250. The molecule has 0 saturated heterocycles. The van der Waals surface area contributed by atoms with Crippen molar-refractivity contribution < 1.29 is 23.3 Å². The molecular weight excluding hydrogens is 336 g/mol. The van der Waals surface area contributed by atoms with Crippen LogP contribution in [-0.4, -0.2) is 23.8 Å². The van der Waals surface area contributed by atoms with E-state index in [1.807, 2.05) is 0 Å². The molecule has 130 valence electrons. The maximum atomic E-state index is 13.4. The summed E-state index contributed by atoms with van der Waals surface area (Å²) in [5.41, 5.74) is -0.320. The van der Waals surface area contributed by atoms with Gasteiger partial charge in [-0.2, -0.15) is 0 Å². The maximum Gasteiger partial charge on any atom is 0.270 e. The first-order chi connectivity index (χ1) is 11.8. The maximum absolute atomic E-state index is 13.4. The standard InChI is InChI=1S/C16H13F2N3O4/c1-19-16(23)14(9-5-6-12(17)13(18)8-9)20-15(22)10-3-2-4-11(7-10)21(24)25/h2-8,14H,1H3,(H,19,23)(H,20,22). The number of non-ortho nitro benzene ring substituents is 1. The zero-order chi connectivity index (χ0) is 18.6. The first kappa shape index (κ1) is 18.0. The summed E-state index contributed by atoms with van der Waals surface area (Å²) in [5, 5.41) is 15.4. The quantitative estimate of drug-likeness (QED) is 0.637. The molecule has 2 N–H and O–H groups in total. The lowest BCUT2D eigenvalue weighted by molar-refractivity contribution is -0.384. The van der Waals surface area contributed by atoms with Gasteiger partial charge in [0.15, 0.2) is 11.6 Å². The van der Waals surface area contributed by atoms with Gasteiger partial charge in [0.1, 0.15) is 6.04 Å². The average molecular weight is 349 g/mol. The second kappa shape index (κ2) is 7.47. The van der Waals surface area contributed by atoms with Crippen molar-refractivity contribution in [1.29, 1.82) is 0 Å². The van der Waals surface area contributed by atoms with Crippen molar-refractivity contribution in [3.05, 3.63) is 75.3 Å². The Kier molecular flexibility index (Phi) is 5.38. The lowest BCUT2D eigenvalue weighted by atomic mass is 10.0. The van der Waals surface area contributed by atoms with Crippen LogP contribution in [0.3, 0.4) is 0 Å². The summed E-state index contributed by atoms with van der Waals surface area (Å²) in [5.74, 6) is -3.70. The molecule has 0 spiro atoms. The molecule has 0 fully saturated rings. The summed E-state index contributed by atoms with van der Waals surface area (Å²) < 4.78 is 26.5. The highest BCUT2D eigenvalue weighted by Gasteiger charge is 2.24. The Labute approximate surface area is 140 Å². The number of hydrogen-bond acceptors (Lipinski definition) is 4. The molecule has 0 aliphatic rings. The van der Waals surface area contributed by atoms with Gasteiger partial charge in [0, 0.05) is 24.7 Å². The summed E-state index contributed by atoms with van der Waals surface area (Å²) in [6.45, 7) is 0. The van der Waals surface area contributed by atoms with Crippen LogP contribution in [0.1, 0.15) is 22.0 Å². The summed E-state index contributed by atoms with van der Waals surface area (Å²) in [7, 11) is 1.31. The number of likely N-dealkylation sites (N-methyl/N-ethyl adjacent to an activating group) is 1. The molecule has 0 radical (unpaired) electrons. The lowest BCUT2D eigenvalue weighted by Gasteiger charge is -2.18. The minimum Gasteiger partial charge on any atom is -0.357 e. The van der Waals surface area contributed by atoms with Gasteiger partial charge in [-0.15, -0.1) is 0 Å². The molecule has 0 aromatic heterocycles. The number of halogens is 2. The van der Waals surface area contributed by atoms with Crippen molar-refractivity contribution in [1.82, 2.24) is 10.6 Å². The van der Waals surface area contributed by atoms with E-state index in [1.165, 1.54) is 25.2 Å². The Morgan fingerprint density at radius 1 is 1.12 bits per heavy atom. The smallest absolute Gasteiger partial charge is 0.270 e. The molecule has 0 aliphatic carbocycles. The van der Waals surface area contributed by atoms with E-state index in [0.29, 0.717) is 0 Å². The second-order valence-corrected chi connectivity index (χ2v) is 5.00. The number of nitrogens with zero attached hydrogens (tertiary/aromatic N) is 1. The molecule has 25 heavy (non-hydrogen) atoms. The number of benzene rings is 2. The van der Waals surface area contributed by atoms with Gasteiger partial charge in [0.25, 0.3) is 11.6 Å². The third-order valence-corrected chi connectivity index (χ3v) is 3.38. The summed E-state index contributed by atoms with van der Waals surface area (Å²) in [4.78, 5) is 34.4. The molecule has 0 bridgehead atoms. The van der Waals surface area contributed by atoms with Crippen molar-refractivity contribution in [3.63, 3.8) is 0 Å². The summed E-state index contributed by atoms with van der Waals surface area (Å²) in [6.07, 6.45) is 0. The lowest BCUT2D eigenvalue weighted by Crippen LogP contribution is -2.39. The van der Waals surface area contributed by atoms with Gasteiger partial charge >= 0.3 is 0 Å². The van der Waals surface area contributed by atoms with Crippen LogP contribution in [-0.2, 0) is 4.79 Å². The fourth-order valence-electron chi connectivity index (χ4n) is 2.11. The topological polar surface area (TPSA) is 101 Å². The Morgan fingerprint density at radius 2 is 1.84 bits per heavy atom. The van der Waals surface area contributed by atoms with E-state index in [-0.39, 0.29) is 16.8 Å².